The van der Waals surface area contributed by atoms with Crippen LogP contribution < -0.4 is 11.1 Å². The van der Waals surface area contributed by atoms with Crippen LogP contribution in [0.25, 0.3) is 0 Å². The van der Waals surface area contributed by atoms with Gasteiger partial charge in [0, 0.05) is 31.6 Å². The largest absolute Gasteiger partial charge is 0.447 e. The minimum absolute atomic E-state index is 0.146. The molecular formula is C19H27N3O4. The van der Waals surface area contributed by atoms with Crippen LogP contribution >= 0.6 is 0 Å². The first-order valence-electron chi connectivity index (χ1n) is 9.14. The van der Waals surface area contributed by atoms with Crippen molar-refractivity contribution >= 4 is 17.9 Å². The van der Waals surface area contributed by atoms with Gasteiger partial charge in [-0.05, 0) is 25.7 Å². The summed E-state index contributed by atoms with van der Waals surface area (Å²) in [5, 5.41) is 2.51. The number of ether oxygens (including phenoxy) is 1. The first-order valence-corrected chi connectivity index (χ1v) is 9.14. The lowest BCUT2D eigenvalue weighted by atomic mass is 10.1. The molecule has 0 aliphatic carbocycles. The van der Waals surface area contributed by atoms with Gasteiger partial charge in [0.1, 0.15) is 0 Å². The fourth-order valence-electron chi connectivity index (χ4n) is 2.97. The van der Waals surface area contributed by atoms with Crippen molar-refractivity contribution in [3.63, 3.8) is 0 Å². The molecule has 1 heterocycles. The van der Waals surface area contributed by atoms with Gasteiger partial charge in [-0.25, -0.2) is 4.79 Å². The summed E-state index contributed by atoms with van der Waals surface area (Å²) in [6.45, 7) is 1.92. The van der Waals surface area contributed by atoms with E-state index in [4.69, 9.17) is 10.5 Å². The lowest BCUT2D eigenvalue weighted by Gasteiger charge is -2.23. The van der Waals surface area contributed by atoms with Crippen LogP contribution in [-0.4, -0.2) is 42.4 Å². The van der Waals surface area contributed by atoms with Gasteiger partial charge in [0.2, 0.25) is 6.10 Å². The van der Waals surface area contributed by atoms with Gasteiger partial charge >= 0.3 is 12.0 Å². The van der Waals surface area contributed by atoms with Crippen molar-refractivity contribution in [1.82, 2.24) is 10.2 Å². The summed E-state index contributed by atoms with van der Waals surface area (Å²) >= 11 is 0. The van der Waals surface area contributed by atoms with Gasteiger partial charge in [-0.3, -0.25) is 9.59 Å². The number of urea groups is 1. The molecule has 1 aliphatic rings. The molecule has 1 atom stereocenters. The van der Waals surface area contributed by atoms with E-state index in [9.17, 15) is 14.4 Å². The molecule has 1 aromatic rings. The molecular weight excluding hydrogens is 334 g/mol. The number of hydrogen-bond donors (Lipinski definition) is 2. The van der Waals surface area contributed by atoms with Gasteiger partial charge in [0.15, 0.2) is 0 Å². The highest BCUT2D eigenvalue weighted by atomic mass is 16.5. The van der Waals surface area contributed by atoms with Gasteiger partial charge in [-0.15, -0.1) is 0 Å². The normalized spacial score (nSPS) is 14.7. The summed E-state index contributed by atoms with van der Waals surface area (Å²) in [5.41, 5.74) is 5.68. The van der Waals surface area contributed by atoms with Crippen LogP contribution in [0, 0.1) is 0 Å². The number of nitrogens with two attached hydrogens (primary N) is 1. The van der Waals surface area contributed by atoms with E-state index in [2.05, 4.69) is 5.32 Å². The smallest absolute Gasteiger partial charge is 0.312 e. The second kappa shape index (κ2) is 10.4. The van der Waals surface area contributed by atoms with Crippen molar-refractivity contribution in [1.29, 1.82) is 0 Å². The Morgan fingerprint density at radius 3 is 2.42 bits per heavy atom. The van der Waals surface area contributed by atoms with Gasteiger partial charge in [-0.2, -0.15) is 0 Å². The highest BCUT2D eigenvalue weighted by molar-refractivity contribution is 5.85. The number of carbonyl (C=O) groups excluding carboxylic acids is 3. The monoisotopic (exact) mass is 361 g/mol. The van der Waals surface area contributed by atoms with Crippen molar-refractivity contribution in [2.45, 2.75) is 44.6 Å². The zero-order valence-corrected chi connectivity index (χ0v) is 15.0. The first-order chi connectivity index (χ1) is 12.6. The molecule has 7 heteroatoms. The number of likely N-dealkylation sites (tertiary alicyclic amines) is 1. The minimum Gasteiger partial charge on any atom is -0.447 e. The maximum absolute atomic E-state index is 12.8. The molecule has 3 N–H and O–H groups in total. The zero-order chi connectivity index (χ0) is 18.8. The molecule has 0 saturated carbocycles. The molecule has 1 aliphatic heterocycles. The zero-order valence-electron chi connectivity index (χ0n) is 15.0. The SMILES string of the molecule is NC(=O)NCCCCCC(=O)O[C@H](C(=O)N1CCCC1)c1ccccc1. The minimum atomic E-state index is -0.877. The number of primary amides is 1. The van der Waals surface area contributed by atoms with Crippen LogP contribution in [0.1, 0.15) is 50.2 Å². The maximum Gasteiger partial charge on any atom is 0.312 e. The van der Waals surface area contributed by atoms with Crippen molar-refractivity contribution in [2.75, 3.05) is 19.6 Å². The quantitative estimate of drug-likeness (QED) is 0.519. The third-order valence-corrected chi connectivity index (χ3v) is 4.35. The molecule has 0 bridgehead atoms. The summed E-state index contributed by atoms with van der Waals surface area (Å²) in [7, 11) is 0. The fourth-order valence-corrected chi connectivity index (χ4v) is 2.97. The molecule has 0 radical (unpaired) electrons. The molecule has 3 amide bonds. The third kappa shape index (κ3) is 6.38. The molecule has 1 aromatic carbocycles. The van der Waals surface area contributed by atoms with Crippen molar-refractivity contribution < 1.29 is 19.1 Å². The molecule has 0 spiro atoms. The van der Waals surface area contributed by atoms with E-state index < -0.39 is 12.1 Å². The predicted molar refractivity (Wildman–Crippen MR) is 97.1 cm³/mol. The second-order valence-electron chi connectivity index (χ2n) is 6.41. The average molecular weight is 361 g/mol. The Morgan fingerprint density at radius 1 is 1.08 bits per heavy atom. The lowest BCUT2D eigenvalue weighted by Crippen LogP contribution is -2.34. The first kappa shape index (κ1) is 19.8. The van der Waals surface area contributed by atoms with E-state index in [0.29, 0.717) is 31.6 Å². The fraction of sp³-hybridized carbons (Fsp3) is 0.526. The highest BCUT2D eigenvalue weighted by Gasteiger charge is 2.30. The average Bonchev–Trinajstić information content (AvgIpc) is 3.17. The topological polar surface area (TPSA) is 102 Å². The van der Waals surface area contributed by atoms with Crippen molar-refractivity contribution in [2.24, 2.45) is 5.73 Å². The second-order valence-corrected chi connectivity index (χ2v) is 6.41. The van der Waals surface area contributed by atoms with Crippen LogP contribution in [0.2, 0.25) is 0 Å². The summed E-state index contributed by atoms with van der Waals surface area (Å²) in [5.74, 6) is -0.526. The molecule has 1 fully saturated rings. The van der Waals surface area contributed by atoms with E-state index in [-0.39, 0.29) is 18.3 Å². The Morgan fingerprint density at radius 2 is 1.77 bits per heavy atom. The van der Waals surface area contributed by atoms with Crippen molar-refractivity contribution in [3.8, 4) is 0 Å². The van der Waals surface area contributed by atoms with Crippen LogP contribution in [0.15, 0.2) is 30.3 Å². The number of nitrogens with zero attached hydrogens (tertiary/aromatic N) is 1. The number of unbranched alkanes of at least 4 members (excludes halogenated alkanes) is 2. The summed E-state index contributed by atoms with van der Waals surface area (Å²) < 4.78 is 5.54. The molecule has 7 nitrogen and oxygen atoms in total. The van der Waals surface area contributed by atoms with Gasteiger partial charge in [0.05, 0.1) is 0 Å². The third-order valence-electron chi connectivity index (χ3n) is 4.35. The summed E-state index contributed by atoms with van der Waals surface area (Å²) in [4.78, 5) is 37.3. The lowest BCUT2D eigenvalue weighted by molar-refractivity contribution is -0.160. The Kier molecular flexibility index (Phi) is 7.92. The van der Waals surface area contributed by atoms with Crippen LogP contribution in [0.3, 0.4) is 0 Å². The molecule has 142 valence electrons. The predicted octanol–water partition coefficient (Wildman–Crippen LogP) is 2.12. The number of amides is 3. The van der Waals surface area contributed by atoms with Gasteiger partial charge in [-0.1, -0.05) is 36.8 Å². The Balaban J connectivity index is 1.84. The molecule has 2 rings (SSSR count). The standard InChI is InChI=1S/C19H27N3O4/c20-19(25)21-12-6-2-5-11-16(23)26-17(15-9-3-1-4-10-15)18(24)22-13-7-8-14-22/h1,3-4,9-10,17H,2,5-8,11-14H2,(H3,20,21,25)/t17-/m0/s1. The Bertz CT molecular complexity index is 600. The Labute approximate surface area is 153 Å². The van der Waals surface area contributed by atoms with Crippen LogP contribution in [-0.2, 0) is 14.3 Å². The number of esters is 1. The Hall–Kier alpha value is -2.57. The molecule has 26 heavy (non-hydrogen) atoms. The summed E-state index contributed by atoms with van der Waals surface area (Å²) in [6, 6.07) is 8.60. The van der Waals surface area contributed by atoms with Crippen LogP contribution in [0.4, 0.5) is 4.79 Å². The van der Waals surface area contributed by atoms with E-state index in [1.165, 1.54) is 0 Å². The number of carbonyl (C=O) groups is 3. The van der Waals surface area contributed by atoms with Gasteiger partial charge in [0.25, 0.3) is 5.91 Å². The number of nitrogens with one attached hydrogen (secondary N) is 1. The molecule has 0 unspecified atom stereocenters. The summed E-state index contributed by atoms with van der Waals surface area (Å²) in [6.07, 6.45) is 3.49. The van der Waals surface area contributed by atoms with Gasteiger partial charge < -0.3 is 20.7 Å². The van der Waals surface area contributed by atoms with E-state index >= 15 is 0 Å². The number of hydrogen-bond acceptors (Lipinski definition) is 4. The van der Waals surface area contributed by atoms with Crippen molar-refractivity contribution in [3.05, 3.63) is 35.9 Å². The maximum atomic E-state index is 12.8. The number of benzene rings is 1. The van der Waals surface area contributed by atoms with E-state index in [1.54, 1.807) is 17.0 Å². The number of rotatable bonds is 9. The van der Waals surface area contributed by atoms with E-state index in [1.807, 2.05) is 18.2 Å². The molecule has 0 aromatic heterocycles. The van der Waals surface area contributed by atoms with Crippen LogP contribution in [0.5, 0.6) is 0 Å². The molecule has 1 saturated heterocycles. The van der Waals surface area contributed by atoms with E-state index in [0.717, 1.165) is 25.7 Å². The highest BCUT2D eigenvalue weighted by Crippen LogP contribution is 2.23.